The van der Waals surface area contributed by atoms with Crippen LogP contribution in [0, 0.1) is 5.82 Å². The Kier molecular flexibility index (Phi) is 7.27. The molecule has 6 nitrogen and oxygen atoms in total. The molecule has 3 aromatic carbocycles. The number of rotatable bonds is 8. The SMILES string of the molecule is COc1ccc(-c2nnc(SCC(=O)N(C)C(C)c3ccc(F)cc3)n2-c2ccccc2)cc1. The molecule has 1 unspecified atom stereocenters. The summed E-state index contributed by atoms with van der Waals surface area (Å²) in [6.45, 7) is 1.92. The highest BCUT2D eigenvalue weighted by Gasteiger charge is 2.21. The van der Waals surface area contributed by atoms with Crippen molar-refractivity contribution in [2.45, 2.75) is 18.1 Å². The Morgan fingerprint density at radius 3 is 2.35 bits per heavy atom. The van der Waals surface area contributed by atoms with Crippen LogP contribution in [0.25, 0.3) is 17.1 Å². The Balaban J connectivity index is 1.56. The number of carbonyl (C=O) groups excluding carboxylic acids is 1. The van der Waals surface area contributed by atoms with E-state index in [0.717, 1.165) is 22.6 Å². The third-order valence-corrected chi connectivity index (χ3v) is 6.56. The molecule has 4 aromatic rings. The number of methoxy groups -OCH3 is 1. The fourth-order valence-electron chi connectivity index (χ4n) is 3.51. The van der Waals surface area contributed by atoms with Crippen molar-refractivity contribution >= 4 is 17.7 Å². The molecule has 8 heteroatoms. The summed E-state index contributed by atoms with van der Waals surface area (Å²) in [6, 6.07) is 23.4. The highest BCUT2D eigenvalue weighted by Crippen LogP contribution is 2.29. The van der Waals surface area contributed by atoms with Crippen LogP contribution in [0.2, 0.25) is 0 Å². The molecule has 0 radical (unpaired) electrons. The van der Waals surface area contributed by atoms with Crippen LogP contribution < -0.4 is 4.74 Å². The zero-order valence-electron chi connectivity index (χ0n) is 19.2. The first-order valence-corrected chi connectivity index (χ1v) is 11.8. The van der Waals surface area contributed by atoms with Gasteiger partial charge < -0.3 is 9.64 Å². The second-order valence-electron chi connectivity index (χ2n) is 7.73. The summed E-state index contributed by atoms with van der Waals surface area (Å²) in [5.41, 5.74) is 2.66. The predicted molar refractivity (Wildman–Crippen MR) is 132 cm³/mol. The van der Waals surface area contributed by atoms with E-state index < -0.39 is 0 Å². The number of thioether (sulfide) groups is 1. The average molecular weight is 477 g/mol. The Morgan fingerprint density at radius 2 is 1.71 bits per heavy atom. The van der Waals surface area contributed by atoms with Crippen molar-refractivity contribution in [3.05, 3.63) is 90.2 Å². The van der Waals surface area contributed by atoms with E-state index in [4.69, 9.17) is 4.74 Å². The van der Waals surface area contributed by atoms with Crippen LogP contribution in [-0.2, 0) is 4.79 Å². The van der Waals surface area contributed by atoms with Gasteiger partial charge in [0.2, 0.25) is 5.91 Å². The number of aromatic nitrogens is 3. The van der Waals surface area contributed by atoms with Gasteiger partial charge in [-0.15, -0.1) is 10.2 Å². The third-order valence-electron chi connectivity index (χ3n) is 5.65. The van der Waals surface area contributed by atoms with E-state index in [-0.39, 0.29) is 23.5 Å². The van der Waals surface area contributed by atoms with Crippen LogP contribution in [0.1, 0.15) is 18.5 Å². The van der Waals surface area contributed by atoms with Crippen molar-refractivity contribution in [3.63, 3.8) is 0 Å². The lowest BCUT2D eigenvalue weighted by Gasteiger charge is -2.25. The summed E-state index contributed by atoms with van der Waals surface area (Å²) >= 11 is 1.33. The lowest BCUT2D eigenvalue weighted by Crippen LogP contribution is -2.31. The van der Waals surface area contributed by atoms with Crippen molar-refractivity contribution in [1.29, 1.82) is 0 Å². The molecule has 4 rings (SSSR count). The molecule has 0 N–H and O–H groups in total. The first kappa shape index (κ1) is 23.5. The number of hydrogen-bond acceptors (Lipinski definition) is 5. The molecule has 0 aliphatic rings. The van der Waals surface area contributed by atoms with E-state index in [2.05, 4.69) is 10.2 Å². The maximum atomic E-state index is 13.3. The van der Waals surface area contributed by atoms with Gasteiger partial charge in [0.15, 0.2) is 11.0 Å². The molecular formula is C26H25FN4O2S. The maximum absolute atomic E-state index is 13.3. The van der Waals surface area contributed by atoms with E-state index in [1.165, 1.54) is 23.9 Å². The fourth-order valence-corrected chi connectivity index (χ4v) is 4.39. The van der Waals surface area contributed by atoms with E-state index in [9.17, 15) is 9.18 Å². The molecule has 0 aliphatic heterocycles. The van der Waals surface area contributed by atoms with Crippen molar-refractivity contribution in [2.75, 3.05) is 19.9 Å². The van der Waals surface area contributed by atoms with Crippen LogP contribution in [0.5, 0.6) is 5.75 Å². The molecule has 1 atom stereocenters. The minimum atomic E-state index is -0.298. The smallest absolute Gasteiger partial charge is 0.233 e. The number of carbonyl (C=O) groups is 1. The van der Waals surface area contributed by atoms with Gasteiger partial charge in [-0.05, 0) is 61.0 Å². The number of nitrogens with zero attached hydrogens (tertiary/aromatic N) is 4. The lowest BCUT2D eigenvalue weighted by molar-refractivity contribution is -0.128. The van der Waals surface area contributed by atoms with Gasteiger partial charge in [0.1, 0.15) is 11.6 Å². The zero-order chi connectivity index (χ0) is 24.1. The van der Waals surface area contributed by atoms with Gasteiger partial charge >= 0.3 is 0 Å². The normalized spacial score (nSPS) is 11.8. The summed E-state index contributed by atoms with van der Waals surface area (Å²) in [5, 5.41) is 9.43. The first-order chi connectivity index (χ1) is 16.5. The monoisotopic (exact) mass is 476 g/mol. The quantitative estimate of drug-likeness (QED) is 0.319. The van der Waals surface area contributed by atoms with Crippen molar-refractivity contribution < 1.29 is 13.9 Å². The van der Waals surface area contributed by atoms with Crippen molar-refractivity contribution in [2.24, 2.45) is 0 Å². The van der Waals surface area contributed by atoms with E-state index in [0.29, 0.717) is 11.0 Å². The molecule has 0 bridgehead atoms. The van der Waals surface area contributed by atoms with Crippen molar-refractivity contribution in [1.82, 2.24) is 19.7 Å². The van der Waals surface area contributed by atoms with Gasteiger partial charge in [0.05, 0.1) is 18.9 Å². The Labute approximate surface area is 202 Å². The molecule has 0 saturated carbocycles. The van der Waals surface area contributed by atoms with Gasteiger partial charge in [0.25, 0.3) is 0 Å². The van der Waals surface area contributed by atoms with Crippen LogP contribution in [0.3, 0.4) is 0 Å². The number of halogens is 1. The number of ether oxygens (including phenoxy) is 1. The molecule has 1 aromatic heterocycles. The third kappa shape index (κ3) is 5.12. The fraction of sp³-hybridized carbons (Fsp3) is 0.192. The highest BCUT2D eigenvalue weighted by atomic mass is 32.2. The molecule has 1 amide bonds. The number of amides is 1. The van der Waals surface area contributed by atoms with Crippen LogP contribution >= 0.6 is 11.8 Å². The van der Waals surface area contributed by atoms with Crippen LogP contribution in [-0.4, -0.2) is 45.5 Å². The predicted octanol–water partition coefficient (Wildman–Crippen LogP) is 5.39. The summed E-state index contributed by atoms with van der Waals surface area (Å²) in [5.74, 6) is 1.27. The van der Waals surface area contributed by atoms with Crippen LogP contribution in [0.4, 0.5) is 4.39 Å². The van der Waals surface area contributed by atoms with Gasteiger partial charge in [-0.2, -0.15) is 0 Å². The number of para-hydroxylation sites is 1. The molecule has 34 heavy (non-hydrogen) atoms. The summed E-state index contributed by atoms with van der Waals surface area (Å²) in [6.07, 6.45) is 0. The Morgan fingerprint density at radius 1 is 1.03 bits per heavy atom. The summed E-state index contributed by atoms with van der Waals surface area (Å²) < 4.78 is 20.5. The summed E-state index contributed by atoms with van der Waals surface area (Å²) in [4.78, 5) is 14.6. The van der Waals surface area contributed by atoms with Crippen molar-refractivity contribution in [3.8, 4) is 22.8 Å². The molecular weight excluding hydrogens is 451 g/mol. The van der Waals surface area contributed by atoms with E-state index in [1.807, 2.05) is 66.1 Å². The van der Waals surface area contributed by atoms with Crippen LogP contribution in [0.15, 0.2) is 84.0 Å². The maximum Gasteiger partial charge on any atom is 0.233 e. The molecule has 0 saturated heterocycles. The molecule has 174 valence electrons. The first-order valence-electron chi connectivity index (χ1n) is 10.8. The average Bonchev–Trinajstić information content (AvgIpc) is 3.31. The minimum absolute atomic E-state index is 0.0598. The second-order valence-corrected chi connectivity index (χ2v) is 8.67. The number of benzene rings is 3. The van der Waals surface area contributed by atoms with E-state index >= 15 is 0 Å². The lowest BCUT2D eigenvalue weighted by atomic mass is 10.1. The van der Waals surface area contributed by atoms with Gasteiger partial charge in [0, 0.05) is 18.3 Å². The van der Waals surface area contributed by atoms with Gasteiger partial charge in [-0.1, -0.05) is 42.1 Å². The summed E-state index contributed by atoms with van der Waals surface area (Å²) in [7, 11) is 3.38. The largest absolute Gasteiger partial charge is 0.497 e. The Hall–Kier alpha value is -3.65. The number of hydrogen-bond donors (Lipinski definition) is 0. The van der Waals surface area contributed by atoms with Gasteiger partial charge in [-0.25, -0.2) is 4.39 Å². The second kappa shape index (κ2) is 10.5. The zero-order valence-corrected chi connectivity index (χ0v) is 20.0. The Bertz CT molecular complexity index is 1240. The standard InChI is InChI=1S/C26H25FN4O2S/c1-18(19-9-13-21(27)14-10-19)30(2)24(32)17-34-26-29-28-25(20-11-15-23(33-3)16-12-20)31(26)22-7-5-4-6-8-22/h4-16,18H,17H2,1-3H3. The molecule has 0 aliphatic carbocycles. The van der Waals surface area contributed by atoms with Gasteiger partial charge in [-0.3, -0.25) is 9.36 Å². The van der Waals surface area contributed by atoms with E-state index in [1.54, 1.807) is 31.2 Å². The highest BCUT2D eigenvalue weighted by molar-refractivity contribution is 7.99. The minimum Gasteiger partial charge on any atom is -0.497 e. The molecule has 0 fully saturated rings. The topological polar surface area (TPSA) is 60.3 Å². The molecule has 1 heterocycles. The molecule has 0 spiro atoms.